The van der Waals surface area contributed by atoms with Crippen LogP contribution in [0.25, 0.3) is 22.6 Å². The Kier molecular flexibility index (Phi) is 8.53. The Labute approximate surface area is 258 Å². The standard InChI is InChI=1S/C33H29Cl2N3O5/c1-33(2,3)21-15-20(14-19-8-10-22(34)11-9-19)31-25(16-21)30(24-6-4-5-7-27(24)37-31)32(40)43-18-29(39)36-28-17-23(38(41)42)12-13-26(28)35/h4-14,17,21H,15-16,18H2,1-3H3,(H,36,39)/b20-14+. The number of nitro benzene ring substituents is 1. The topological polar surface area (TPSA) is 111 Å². The number of hydrogen-bond acceptors (Lipinski definition) is 6. The molecule has 1 amide bonds. The van der Waals surface area contributed by atoms with Crippen LogP contribution in [0.3, 0.4) is 0 Å². The number of allylic oxidation sites excluding steroid dienone is 1. The predicted molar refractivity (Wildman–Crippen MR) is 169 cm³/mol. The van der Waals surface area contributed by atoms with Crippen molar-refractivity contribution in [2.75, 3.05) is 11.9 Å². The number of rotatable bonds is 6. The van der Waals surface area contributed by atoms with E-state index >= 15 is 0 Å². The first-order valence-corrected chi connectivity index (χ1v) is 14.5. The Bertz CT molecular complexity index is 1780. The molecule has 43 heavy (non-hydrogen) atoms. The summed E-state index contributed by atoms with van der Waals surface area (Å²) in [5.74, 6) is -1.14. The zero-order chi connectivity index (χ0) is 30.9. The van der Waals surface area contributed by atoms with Crippen LogP contribution >= 0.6 is 23.2 Å². The lowest BCUT2D eigenvalue weighted by Gasteiger charge is -2.36. The smallest absolute Gasteiger partial charge is 0.339 e. The summed E-state index contributed by atoms with van der Waals surface area (Å²) in [6, 6.07) is 18.6. The molecule has 1 N–H and O–H groups in total. The fourth-order valence-corrected chi connectivity index (χ4v) is 5.53. The molecule has 1 unspecified atom stereocenters. The number of aromatic nitrogens is 1. The first kappa shape index (κ1) is 30.2. The van der Waals surface area contributed by atoms with Gasteiger partial charge in [0.2, 0.25) is 0 Å². The van der Waals surface area contributed by atoms with Crippen LogP contribution in [-0.4, -0.2) is 28.4 Å². The van der Waals surface area contributed by atoms with E-state index in [0.29, 0.717) is 27.9 Å². The predicted octanol–water partition coefficient (Wildman–Crippen LogP) is 8.39. The number of nitro groups is 1. The molecule has 1 aliphatic carbocycles. The molecule has 1 atom stereocenters. The van der Waals surface area contributed by atoms with Gasteiger partial charge in [-0.2, -0.15) is 0 Å². The van der Waals surface area contributed by atoms with Gasteiger partial charge in [0.1, 0.15) is 0 Å². The number of para-hydroxylation sites is 1. The summed E-state index contributed by atoms with van der Waals surface area (Å²) in [6.45, 7) is 5.93. The SMILES string of the molecule is CC(C)(C)C1C/C(=C\c2ccc(Cl)cc2)c2nc3ccccc3c(C(=O)OCC(=O)Nc3cc([N+](=O)[O-])ccc3Cl)c2C1. The molecular weight excluding hydrogens is 589 g/mol. The van der Waals surface area contributed by atoms with Crippen LogP contribution in [0.4, 0.5) is 11.4 Å². The van der Waals surface area contributed by atoms with Gasteiger partial charge in [-0.3, -0.25) is 14.9 Å². The molecule has 0 aliphatic heterocycles. The summed E-state index contributed by atoms with van der Waals surface area (Å²) in [6.07, 6.45) is 3.46. The van der Waals surface area contributed by atoms with Gasteiger partial charge in [-0.05, 0) is 71.2 Å². The van der Waals surface area contributed by atoms with E-state index in [4.69, 9.17) is 32.9 Å². The normalized spacial score (nSPS) is 15.7. The molecule has 10 heteroatoms. The number of nitrogens with one attached hydrogen (secondary N) is 1. The van der Waals surface area contributed by atoms with Gasteiger partial charge >= 0.3 is 5.97 Å². The van der Waals surface area contributed by atoms with Crippen molar-refractivity contribution in [1.29, 1.82) is 0 Å². The molecule has 0 fully saturated rings. The minimum Gasteiger partial charge on any atom is -0.452 e. The van der Waals surface area contributed by atoms with Gasteiger partial charge in [0.05, 0.1) is 32.4 Å². The van der Waals surface area contributed by atoms with Gasteiger partial charge in [-0.1, -0.05) is 74.3 Å². The minimum atomic E-state index is -0.682. The highest BCUT2D eigenvalue weighted by Crippen LogP contribution is 2.45. The number of halogens is 2. The van der Waals surface area contributed by atoms with E-state index in [1.54, 1.807) is 0 Å². The van der Waals surface area contributed by atoms with Gasteiger partial charge in [0.25, 0.3) is 11.6 Å². The number of benzene rings is 3. The second-order valence-electron chi connectivity index (χ2n) is 11.6. The fourth-order valence-electron chi connectivity index (χ4n) is 5.24. The number of ether oxygens (including phenoxy) is 1. The van der Waals surface area contributed by atoms with Crippen molar-refractivity contribution < 1.29 is 19.2 Å². The van der Waals surface area contributed by atoms with Crippen molar-refractivity contribution in [3.8, 4) is 0 Å². The van der Waals surface area contributed by atoms with E-state index in [1.165, 1.54) is 12.1 Å². The van der Waals surface area contributed by atoms with Crippen molar-refractivity contribution in [1.82, 2.24) is 4.98 Å². The average Bonchev–Trinajstić information content (AvgIpc) is 2.96. The van der Waals surface area contributed by atoms with Gasteiger partial charge in [-0.15, -0.1) is 0 Å². The van der Waals surface area contributed by atoms with Gasteiger partial charge in [-0.25, -0.2) is 9.78 Å². The van der Waals surface area contributed by atoms with E-state index in [0.717, 1.165) is 34.9 Å². The largest absolute Gasteiger partial charge is 0.452 e. The first-order valence-electron chi connectivity index (χ1n) is 13.7. The molecular formula is C33H29Cl2N3O5. The van der Waals surface area contributed by atoms with Crippen LogP contribution in [0, 0.1) is 21.4 Å². The molecule has 5 rings (SSSR count). The van der Waals surface area contributed by atoms with Crippen LogP contribution < -0.4 is 5.32 Å². The van der Waals surface area contributed by atoms with Crippen molar-refractivity contribution in [3.63, 3.8) is 0 Å². The fraction of sp³-hybridized carbons (Fsp3) is 0.242. The van der Waals surface area contributed by atoms with E-state index in [2.05, 4.69) is 32.2 Å². The summed E-state index contributed by atoms with van der Waals surface area (Å²) in [5.41, 5.74) is 4.23. The lowest BCUT2D eigenvalue weighted by Crippen LogP contribution is -2.29. The van der Waals surface area contributed by atoms with Crippen molar-refractivity contribution in [2.45, 2.75) is 33.6 Å². The number of fused-ring (bicyclic) bond motifs is 2. The Morgan fingerprint density at radius 3 is 2.49 bits per heavy atom. The van der Waals surface area contributed by atoms with E-state index in [9.17, 15) is 19.7 Å². The van der Waals surface area contributed by atoms with Gasteiger partial charge in [0.15, 0.2) is 6.61 Å². The molecule has 1 aromatic heterocycles. The van der Waals surface area contributed by atoms with E-state index < -0.39 is 23.4 Å². The highest BCUT2D eigenvalue weighted by atomic mass is 35.5. The molecule has 8 nitrogen and oxygen atoms in total. The average molecular weight is 619 g/mol. The molecule has 4 aromatic rings. The molecule has 0 saturated carbocycles. The maximum absolute atomic E-state index is 13.8. The number of non-ortho nitro benzene ring substituents is 1. The molecule has 0 spiro atoms. The maximum Gasteiger partial charge on any atom is 0.339 e. The molecule has 1 aliphatic rings. The zero-order valence-electron chi connectivity index (χ0n) is 23.8. The van der Waals surface area contributed by atoms with E-state index in [-0.39, 0.29) is 27.7 Å². The van der Waals surface area contributed by atoms with Crippen molar-refractivity contribution in [2.24, 2.45) is 11.3 Å². The Morgan fingerprint density at radius 1 is 1.07 bits per heavy atom. The Morgan fingerprint density at radius 2 is 1.79 bits per heavy atom. The van der Waals surface area contributed by atoms with Crippen molar-refractivity contribution >= 4 is 69.0 Å². The monoisotopic (exact) mass is 617 g/mol. The number of pyridine rings is 1. The summed E-state index contributed by atoms with van der Waals surface area (Å²) in [4.78, 5) is 42.1. The molecule has 0 radical (unpaired) electrons. The van der Waals surface area contributed by atoms with Gasteiger partial charge < -0.3 is 10.1 Å². The number of amides is 1. The van der Waals surface area contributed by atoms with Crippen LogP contribution in [-0.2, 0) is 16.0 Å². The molecule has 1 heterocycles. The number of anilines is 1. The lowest BCUT2D eigenvalue weighted by atomic mass is 9.69. The zero-order valence-corrected chi connectivity index (χ0v) is 25.3. The molecule has 3 aromatic carbocycles. The summed E-state index contributed by atoms with van der Waals surface area (Å²) in [7, 11) is 0. The highest BCUT2D eigenvalue weighted by molar-refractivity contribution is 6.33. The summed E-state index contributed by atoms with van der Waals surface area (Å²) >= 11 is 12.2. The van der Waals surface area contributed by atoms with Crippen LogP contribution in [0.5, 0.6) is 0 Å². The maximum atomic E-state index is 13.8. The molecule has 220 valence electrons. The number of esters is 1. The number of nitrogens with zero attached hydrogens (tertiary/aromatic N) is 2. The molecule has 0 bridgehead atoms. The molecule has 0 saturated heterocycles. The first-order chi connectivity index (χ1) is 20.4. The van der Waals surface area contributed by atoms with Crippen LogP contribution in [0.1, 0.15) is 54.4 Å². The number of carbonyl (C=O) groups is 2. The minimum absolute atomic E-state index is 0.0497. The third-order valence-electron chi connectivity index (χ3n) is 7.62. The lowest BCUT2D eigenvalue weighted by molar-refractivity contribution is -0.384. The number of carbonyl (C=O) groups excluding carboxylic acids is 2. The van der Waals surface area contributed by atoms with Crippen LogP contribution in [0.15, 0.2) is 66.7 Å². The summed E-state index contributed by atoms with van der Waals surface area (Å²) < 4.78 is 5.55. The highest BCUT2D eigenvalue weighted by Gasteiger charge is 2.35. The third kappa shape index (κ3) is 6.71. The van der Waals surface area contributed by atoms with Gasteiger partial charge in [0, 0.05) is 22.5 Å². The van der Waals surface area contributed by atoms with E-state index in [1.807, 2.05) is 48.5 Å². The van der Waals surface area contributed by atoms with Crippen LogP contribution in [0.2, 0.25) is 10.0 Å². The Balaban J connectivity index is 1.51. The number of hydrogen-bond donors (Lipinski definition) is 1. The third-order valence-corrected chi connectivity index (χ3v) is 8.20. The quantitative estimate of drug-likeness (QED) is 0.132. The second-order valence-corrected chi connectivity index (χ2v) is 12.4. The summed E-state index contributed by atoms with van der Waals surface area (Å²) in [5, 5.41) is 15.0. The Hall–Kier alpha value is -4.27. The van der Waals surface area contributed by atoms with Crippen molar-refractivity contribution in [3.05, 3.63) is 109 Å². The second kappa shape index (κ2) is 12.1.